The highest BCUT2D eigenvalue weighted by molar-refractivity contribution is 5.78. The average molecular weight is 385 g/mol. The second-order valence-corrected chi connectivity index (χ2v) is 7.39. The molecule has 148 valence electrons. The molecule has 0 unspecified atom stereocenters. The molecule has 1 aliphatic rings. The molecule has 27 heavy (non-hydrogen) atoms. The maximum atomic E-state index is 12.6. The van der Waals surface area contributed by atoms with Crippen LogP contribution in [0.15, 0.2) is 18.3 Å². The Morgan fingerprint density at radius 3 is 2.44 bits per heavy atom. The molecule has 1 amide bonds. The lowest BCUT2D eigenvalue weighted by atomic mass is 9.90. The Bertz CT molecular complexity index is 690. The number of quaternary nitrogens is 1. The molecule has 9 heteroatoms. The van der Waals surface area contributed by atoms with Crippen LogP contribution in [0.4, 0.5) is 19.0 Å². The van der Waals surface area contributed by atoms with E-state index in [9.17, 15) is 23.2 Å². The topological polar surface area (TPSA) is 74.7 Å². The molecular formula is C18H26F3N5O+2. The average Bonchev–Trinajstić information content (AvgIpc) is 2.61. The number of alkyl halides is 3. The summed E-state index contributed by atoms with van der Waals surface area (Å²) in [4.78, 5) is 18.0. The number of aromatic nitrogens is 1. The van der Waals surface area contributed by atoms with Crippen LogP contribution in [-0.2, 0) is 11.0 Å². The minimum absolute atomic E-state index is 0.00601. The van der Waals surface area contributed by atoms with E-state index < -0.39 is 17.3 Å². The molecule has 6 nitrogen and oxygen atoms in total. The maximum absolute atomic E-state index is 12.6. The lowest BCUT2D eigenvalue weighted by Crippen LogP contribution is -3.16. The summed E-state index contributed by atoms with van der Waals surface area (Å²) in [6, 6.07) is 4.65. The predicted octanol–water partition coefficient (Wildman–Crippen LogP) is 0.279. The molecule has 1 atom stereocenters. The van der Waals surface area contributed by atoms with Crippen molar-refractivity contribution in [2.75, 3.05) is 37.6 Å². The summed E-state index contributed by atoms with van der Waals surface area (Å²) in [5, 5.41) is 12.1. The molecule has 2 rings (SSSR count). The lowest BCUT2D eigenvalue weighted by molar-refractivity contribution is -0.892. The molecule has 0 aromatic carbocycles. The number of piperazine rings is 1. The standard InChI is InChI=1S/C18H24F3N5O/c1-13(2)17(3,12-22)24-16(27)11-25-6-8-26(9-7-25)15-5-4-14(10-23-15)18(19,20)21/h4-5,10,13H,6-9,11H2,1-3H3,(H,24,27)/p+2/t17-/m0/s1. The number of carbonyl (C=O) groups excluding carboxylic acids is 1. The van der Waals surface area contributed by atoms with E-state index in [0.717, 1.165) is 17.2 Å². The number of nitriles is 1. The Morgan fingerprint density at radius 1 is 1.37 bits per heavy atom. The summed E-state index contributed by atoms with van der Waals surface area (Å²) in [6.45, 7) is 8.39. The molecule has 0 bridgehead atoms. The van der Waals surface area contributed by atoms with E-state index >= 15 is 0 Å². The fraction of sp³-hybridized carbons (Fsp3) is 0.611. The van der Waals surface area contributed by atoms with Crippen molar-refractivity contribution in [1.82, 2.24) is 5.32 Å². The number of aromatic amines is 1. The minimum atomic E-state index is -4.36. The number of pyridine rings is 1. The van der Waals surface area contributed by atoms with Crippen molar-refractivity contribution in [2.45, 2.75) is 32.5 Å². The summed E-state index contributed by atoms with van der Waals surface area (Å²) < 4.78 is 37.9. The van der Waals surface area contributed by atoms with Crippen LogP contribution < -0.4 is 20.1 Å². The van der Waals surface area contributed by atoms with E-state index in [0.29, 0.717) is 32.0 Å². The fourth-order valence-electron chi connectivity index (χ4n) is 2.89. The molecule has 1 aliphatic heterocycles. The first-order valence-electron chi connectivity index (χ1n) is 8.95. The van der Waals surface area contributed by atoms with Crippen LogP contribution in [0.25, 0.3) is 0 Å². The second-order valence-electron chi connectivity index (χ2n) is 7.39. The van der Waals surface area contributed by atoms with E-state index in [1.165, 1.54) is 6.07 Å². The number of anilines is 1. The molecule has 1 aromatic rings. The van der Waals surface area contributed by atoms with Crippen LogP contribution in [0, 0.1) is 17.2 Å². The Morgan fingerprint density at radius 2 is 2.00 bits per heavy atom. The van der Waals surface area contributed by atoms with Gasteiger partial charge in [-0.3, -0.25) is 9.69 Å². The van der Waals surface area contributed by atoms with E-state index in [1.807, 2.05) is 18.7 Å². The van der Waals surface area contributed by atoms with Crippen LogP contribution in [0.3, 0.4) is 0 Å². The third kappa shape index (κ3) is 5.32. The van der Waals surface area contributed by atoms with Crippen molar-refractivity contribution in [3.8, 4) is 6.07 Å². The van der Waals surface area contributed by atoms with Crippen LogP contribution >= 0.6 is 0 Å². The van der Waals surface area contributed by atoms with Gasteiger partial charge >= 0.3 is 6.18 Å². The molecule has 3 N–H and O–H groups in total. The normalized spacial score (nSPS) is 18.1. The van der Waals surface area contributed by atoms with Gasteiger partial charge in [0, 0.05) is 6.07 Å². The number of halogens is 3. The van der Waals surface area contributed by atoms with E-state index in [2.05, 4.69) is 16.4 Å². The Labute approximate surface area is 157 Å². The van der Waals surface area contributed by atoms with Gasteiger partial charge in [-0.1, -0.05) is 13.8 Å². The minimum Gasteiger partial charge on any atom is -0.333 e. The Kier molecular flexibility index (Phi) is 6.31. The number of hydrogen-bond acceptors (Lipinski definition) is 3. The van der Waals surface area contributed by atoms with Crippen molar-refractivity contribution in [2.24, 2.45) is 5.92 Å². The summed E-state index contributed by atoms with van der Waals surface area (Å²) in [5.41, 5.74) is -1.61. The van der Waals surface area contributed by atoms with Gasteiger partial charge in [-0.25, -0.2) is 4.98 Å². The summed E-state index contributed by atoms with van der Waals surface area (Å²) in [6.07, 6.45) is -3.39. The van der Waals surface area contributed by atoms with E-state index in [1.54, 1.807) is 6.92 Å². The first-order chi connectivity index (χ1) is 12.5. The zero-order valence-electron chi connectivity index (χ0n) is 15.8. The molecule has 1 aromatic heterocycles. The lowest BCUT2D eigenvalue weighted by Gasteiger charge is -2.30. The highest BCUT2D eigenvalue weighted by Crippen LogP contribution is 2.28. The number of H-pyrrole nitrogens is 1. The summed E-state index contributed by atoms with van der Waals surface area (Å²) in [7, 11) is 0. The van der Waals surface area contributed by atoms with Crippen molar-refractivity contribution in [1.29, 1.82) is 5.26 Å². The Hall–Kier alpha value is -2.34. The number of nitrogens with zero attached hydrogens (tertiary/aromatic N) is 2. The molecule has 0 radical (unpaired) electrons. The maximum Gasteiger partial charge on any atom is 0.419 e. The zero-order valence-corrected chi connectivity index (χ0v) is 15.8. The fourth-order valence-corrected chi connectivity index (χ4v) is 2.89. The quantitative estimate of drug-likeness (QED) is 0.765. The van der Waals surface area contributed by atoms with Gasteiger partial charge in [0.05, 0.1) is 11.6 Å². The van der Waals surface area contributed by atoms with Crippen LogP contribution in [0.5, 0.6) is 0 Å². The molecule has 2 heterocycles. The van der Waals surface area contributed by atoms with Crippen LogP contribution in [0.2, 0.25) is 0 Å². The van der Waals surface area contributed by atoms with Crippen molar-refractivity contribution in [3.05, 3.63) is 23.9 Å². The highest BCUT2D eigenvalue weighted by atomic mass is 19.4. The largest absolute Gasteiger partial charge is 0.419 e. The number of rotatable bonds is 5. The van der Waals surface area contributed by atoms with Gasteiger partial charge in [0.15, 0.2) is 6.54 Å². The van der Waals surface area contributed by atoms with Crippen LogP contribution in [0.1, 0.15) is 26.3 Å². The monoisotopic (exact) mass is 385 g/mol. The highest BCUT2D eigenvalue weighted by Gasteiger charge is 2.34. The van der Waals surface area contributed by atoms with Gasteiger partial charge < -0.3 is 10.2 Å². The Balaban J connectivity index is 1.87. The zero-order chi connectivity index (χ0) is 20.2. The van der Waals surface area contributed by atoms with Gasteiger partial charge in [-0.2, -0.15) is 18.4 Å². The summed E-state index contributed by atoms with van der Waals surface area (Å²) in [5.74, 6) is 0.453. The molecule has 0 saturated carbocycles. The molecule has 0 aliphatic carbocycles. The number of hydrogen-bond donors (Lipinski definition) is 2. The third-order valence-electron chi connectivity index (χ3n) is 5.13. The van der Waals surface area contributed by atoms with Crippen molar-refractivity contribution >= 4 is 11.7 Å². The molecule has 1 saturated heterocycles. The van der Waals surface area contributed by atoms with Crippen LogP contribution in [-0.4, -0.2) is 44.2 Å². The number of carbonyl (C=O) groups is 1. The van der Waals surface area contributed by atoms with E-state index in [-0.39, 0.29) is 18.4 Å². The third-order valence-corrected chi connectivity index (χ3v) is 5.13. The second kappa shape index (κ2) is 8.13. The van der Waals surface area contributed by atoms with Gasteiger partial charge in [0.1, 0.15) is 37.9 Å². The summed E-state index contributed by atoms with van der Waals surface area (Å²) >= 11 is 0. The molecular weight excluding hydrogens is 359 g/mol. The van der Waals surface area contributed by atoms with Crippen molar-refractivity contribution < 1.29 is 27.8 Å². The predicted molar refractivity (Wildman–Crippen MR) is 92.8 cm³/mol. The first-order valence-corrected chi connectivity index (χ1v) is 8.95. The molecule has 0 spiro atoms. The van der Waals surface area contributed by atoms with E-state index in [4.69, 9.17) is 0 Å². The smallest absolute Gasteiger partial charge is 0.333 e. The van der Waals surface area contributed by atoms with Gasteiger partial charge in [0.25, 0.3) is 11.7 Å². The van der Waals surface area contributed by atoms with Gasteiger partial charge in [-0.15, -0.1) is 0 Å². The van der Waals surface area contributed by atoms with Gasteiger partial charge in [-0.05, 0) is 18.9 Å². The van der Waals surface area contributed by atoms with Gasteiger partial charge in [0.2, 0.25) is 0 Å². The number of nitrogens with one attached hydrogen (secondary N) is 3. The van der Waals surface area contributed by atoms with Crippen molar-refractivity contribution in [3.63, 3.8) is 0 Å². The first kappa shape index (κ1) is 21.0. The molecule has 1 fully saturated rings. The number of amides is 1. The SMILES string of the molecule is CC(C)[C@](C)(C#N)NC(=O)C[NH+]1CCN(c2ccc(C(F)(F)F)c[nH+]2)CC1.